The fourth-order valence-electron chi connectivity index (χ4n) is 7.17. The summed E-state index contributed by atoms with van der Waals surface area (Å²) in [6, 6.07) is 44.0. The Morgan fingerprint density at radius 3 is 1.52 bits per heavy atom. The molecule has 1 aliphatic heterocycles. The summed E-state index contributed by atoms with van der Waals surface area (Å²) in [5.41, 5.74) is 7.78. The smallest absolute Gasteiger partial charge is 0.138 e. The zero-order valence-corrected chi connectivity index (χ0v) is 26.6. The van der Waals surface area contributed by atoms with Crippen LogP contribution in [0.4, 0.5) is 34.6 Å². The average Bonchev–Trinajstić information content (AvgIpc) is 3.46. The summed E-state index contributed by atoms with van der Waals surface area (Å²) in [5, 5.41) is 2.29. The van der Waals surface area contributed by atoms with Gasteiger partial charge < -0.3 is 4.57 Å². The van der Waals surface area contributed by atoms with Gasteiger partial charge in [-0.05, 0) is 96.1 Å². The number of rotatable bonds is 6. The minimum absolute atomic E-state index is 0.272. The first-order valence-corrected chi connectivity index (χ1v) is 16.1. The van der Waals surface area contributed by atoms with Gasteiger partial charge in [-0.25, -0.2) is 19.9 Å². The number of hydrogen-bond donors (Lipinski definition) is 0. The Balaban J connectivity index is 1.38. The standard InChI is InChI=1S/C41H31N7/c1-41(2)32-13-3-4-14-35(32)48-34-20-19-28(46(36-15-5-9-21-42-36)37-16-6-10-22-43-37)25-30(34)31-26-29(27-33(41)40(31)48)47(38-17-7-11-23-44-38)39-18-8-12-24-45-39/h3-27H,1-2H3. The van der Waals surface area contributed by atoms with E-state index in [2.05, 4.69) is 82.8 Å². The zero-order valence-electron chi connectivity index (χ0n) is 26.6. The van der Waals surface area contributed by atoms with Crippen molar-refractivity contribution in [2.45, 2.75) is 19.3 Å². The largest absolute Gasteiger partial charge is 0.309 e. The maximum atomic E-state index is 4.79. The van der Waals surface area contributed by atoms with Crippen LogP contribution in [0.1, 0.15) is 25.0 Å². The molecule has 0 atom stereocenters. The second kappa shape index (κ2) is 10.9. The molecule has 0 radical (unpaired) electrons. The third-order valence-corrected chi connectivity index (χ3v) is 9.35. The molecule has 5 aromatic heterocycles. The van der Waals surface area contributed by atoms with Gasteiger partial charge in [0.05, 0.1) is 22.4 Å². The fraction of sp³-hybridized carbons (Fsp3) is 0.0732. The molecule has 8 aromatic rings. The molecule has 0 unspecified atom stereocenters. The van der Waals surface area contributed by atoms with E-state index < -0.39 is 0 Å². The van der Waals surface area contributed by atoms with Crippen LogP contribution in [-0.4, -0.2) is 24.5 Å². The van der Waals surface area contributed by atoms with E-state index in [1.54, 1.807) is 0 Å². The number of nitrogens with zero attached hydrogens (tertiary/aromatic N) is 7. The Morgan fingerprint density at radius 1 is 0.479 bits per heavy atom. The van der Waals surface area contributed by atoms with Crippen molar-refractivity contribution in [3.8, 4) is 5.69 Å². The number of anilines is 6. The third-order valence-electron chi connectivity index (χ3n) is 9.35. The first-order chi connectivity index (χ1) is 23.6. The van der Waals surface area contributed by atoms with E-state index in [1.165, 1.54) is 22.3 Å². The van der Waals surface area contributed by atoms with E-state index in [0.717, 1.165) is 50.9 Å². The van der Waals surface area contributed by atoms with Crippen molar-refractivity contribution in [1.82, 2.24) is 24.5 Å². The molecule has 0 aliphatic carbocycles. The minimum Gasteiger partial charge on any atom is -0.309 e. The minimum atomic E-state index is -0.272. The molecule has 7 heteroatoms. The quantitative estimate of drug-likeness (QED) is 0.184. The van der Waals surface area contributed by atoms with Gasteiger partial charge in [-0.3, -0.25) is 9.80 Å². The van der Waals surface area contributed by atoms with Crippen LogP contribution in [0.25, 0.3) is 27.5 Å². The van der Waals surface area contributed by atoms with Gasteiger partial charge in [-0.2, -0.15) is 0 Å². The number of benzene rings is 3. The highest BCUT2D eigenvalue weighted by Crippen LogP contribution is 2.50. The fourth-order valence-corrected chi connectivity index (χ4v) is 7.17. The molecular weight excluding hydrogens is 591 g/mol. The predicted molar refractivity (Wildman–Crippen MR) is 193 cm³/mol. The average molecular weight is 622 g/mol. The summed E-state index contributed by atoms with van der Waals surface area (Å²) in [6.45, 7) is 4.65. The summed E-state index contributed by atoms with van der Waals surface area (Å²) in [5.74, 6) is 3.20. The van der Waals surface area contributed by atoms with Gasteiger partial charge in [-0.15, -0.1) is 0 Å². The second-order valence-corrected chi connectivity index (χ2v) is 12.5. The van der Waals surface area contributed by atoms with E-state index in [9.17, 15) is 0 Å². The van der Waals surface area contributed by atoms with Crippen molar-refractivity contribution < 1.29 is 0 Å². The maximum absolute atomic E-state index is 4.79. The number of pyridine rings is 4. The normalized spacial score (nSPS) is 13.0. The Labute approximate surface area is 278 Å². The van der Waals surface area contributed by atoms with Crippen LogP contribution in [0.15, 0.2) is 152 Å². The number of hydrogen-bond acceptors (Lipinski definition) is 6. The SMILES string of the molecule is CC1(C)c2ccccc2-n2c3ccc(N(c4ccccn4)c4ccccn4)cc3c3cc(N(c4ccccn4)c4ccccn4)cc1c32. The molecule has 0 saturated heterocycles. The van der Waals surface area contributed by atoms with E-state index in [1.807, 2.05) is 97.6 Å². The third kappa shape index (κ3) is 4.28. The molecule has 7 nitrogen and oxygen atoms in total. The topological polar surface area (TPSA) is 63.0 Å². The Hall–Kier alpha value is -6.34. The molecule has 0 saturated carbocycles. The molecule has 0 bridgehead atoms. The first-order valence-electron chi connectivity index (χ1n) is 16.1. The van der Waals surface area contributed by atoms with Crippen LogP contribution >= 0.6 is 0 Å². The van der Waals surface area contributed by atoms with Crippen LogP contribution < -0.4 is 9.80 Å². The Morgan fingerprint density at radius 2 is 0.979 bits per heavy atom. The van der Waals surface area contributed by atoms with Crippen molar-refractivity contribution in [3.63, 3.8) is 0 Å². The van der Waals surface area contributed by atoms with Crippen LogP contribution in [0.2, 0.25) is 0 Å². The highest BCUT2D eigenvalue weighted by Gasteiger charge is 2.36. The van der Waals surface area contributed by atoms with Gasteiger partial charge in [0.2, 0.25) is 0 Å². The van der Waals surface area contributed by atoms with Gasteiger partial charge in [0.25, 0.3) is 0 Å². The highest BCUT2D eigenvalue weighted by molar-refractivity contribution is 6.14. The van der Waals surface area contributed by atoms with Crippen LogP contribution in [0.3, 0.4) is 0 Å². The number of aromatic nitrogens is 5. The van der Waals surface area contributed by atoms with Crippen molar-refractivity contribution in [2.75, 3.05) is 9.80 Å². The van der Waals surface area contributed by atoms with Crippen molar-refractivity contribution in [2.24, 2.45) is 0 Å². The van der Waals surface area contributed by atoms with Crippen LogP contribution in [0.5, 0.6) is 0 Å². The monoisotopic (exact) mass is 621 g/mol. The van der Waals surface area contributed by atoms with Crippen LogP contribution in [-0.2, 0) is 5.41 Å². The van der Waals surface area contributed by atoms with Gasteiger partial charge in [0, 0.05) is 46.7 Å². The predicted octanol–water partition coefficient (Wildman–Crippen LogP) is 9.94. The zero-order chi connectivity index (χ0) is 32.2. The van der Waals surface area contributed by atoms with E-state index in [4.69, 9.17) is 19.9 Å². The molecule has 230 valence electrons. The van der Waals surface area contributed by atoms with Crippen molar-refractivity contribution in [1.29, 1.82) is 0 Å². The van der Waals surface area contributed by atoms with Gasteiger partial charge in [-0.1, -0.05) is 56.3 Å². The van der Waals surface area contributed by atoms with Crippen molar-refractivity contribution in [3.05, 3.63) is 163 Å². The van der Waals surface area contributed by atoms with E-state index in [0.29, 0.717) is 0 Å². The summed E-state index contributed by atoms with van der Waals surface area (Å²) in [6.07, 6.45) is 7.30. The molecule has 48 heavy (non-hydrogen) atoms. The lowest BCUT2D eigenvalue weighted by molar-refractivity contribution is 0.630. The second-order valence-electron chi connectivity index (χ2n) is 12.5. The molecule has 6 heterocycles. The van der Waals surface area contributed by atoms with Gasteiger partial charge in [0.1, 0.15) is 23.3 Å². The Kier molecular flexibility index (Phi) is 6.33. The molecule has 3 aromatic carbocycles. The van der Waals surface area contributed by atoms with E-state index in [-0.39, 0.29) is 5.41 Å². The molecule has 0 amide bonds. The molecule has 0 N–H and O–H groups in total. The molecular formula is C41H31N7. The lowest BCUT2D eigenvalue weighted by atomic mass is 9.74. The number of para-hydroxylation sites is 1. The highest BCUT2D eigenvalue weighted by atomic mass is 15.2. The van der Waals surface area contributed by atoms with E-state index >= 15 is 0 Å². The maximum Gasteiger partial charge on any atom is 0.138 e. The molecule has 9 rings (SSSR count). The molecule has 0 fully saturated rings. The molecule has 1 aliphatic rings. The van der Waals surface area contributed by atoms with Gasteiger partial charge >= 0.3 is 0 Å². The lowest BCUT2D eigenvalue weighted by Gasteiger charge is -2.35. The lowest BCUT2D eigenvalue weighted by Crippen LogP contribution is -2.26. The summed E-state index contributed by atoms with van der Waals surface area (Å²) in [7, 11) is 0. The van der Waals surface area contributed by atoms with Crippen molar-refractivity contribution >= 4 is 56.5 Å². The van der Waals surface area contributed by atoms with Gasteiger partial charge in [0.15, 0.2) is 0 Å². The summed E-state index contributed by atoms with van der Waals surface area (Å²) < 4.78 is 2.44. The summed E-state index contributed by atoms with van der Waals surface area (Å²) in [4.78, 5) is 23.3. The number of fused-ring (bicyclic) bond motifs is 5. The summed E-state index contributed by atoms with van der Waals surface area (Å²) >= 11 is 0. The van der Waals surface area contributed by atoms with Crippen LogP contribution in [0, 0.1) is 0 Å². The first kappa shape index (κ1) is 27.9. The Bertz CT molecular complexity index is 2340. The molecule has 0 spiro atoms.